The molecule has 2 aromatic heterocycles. The average Bonchev–Trinajstić information content (AvgIpc) is 2.92. The molecule has 21 heavy (non-hydrogen) atoms. The Bertz CT molecular complexity index is 731. The lowest BCUT2D eigenvalue weighted by Crippen LogP contribution is -2.25. The van der Waals surface area contributed by atoms with E-state index in [1.807, 2.05) is 0 Å². The minimum absolute atomic E-state index is 0.193. The lowest BCUT2D eigenvalue weighted by molar-refractivity contribution is 0.493. The fourth-order valence-corrected chi connectivity index (χ4v) is 3.72. The first-order chi connectivity index (χ1) is 9.85. The van der Waals surface area contributed by atoms with Gasteiger partial charge in [0.1, 0.15) is 16.4 Å². The number of aryl methyl sites for hydroxylation is 3. The van der Waals surface area contributed by atoms with E-state index >= 15 is 0 Å². The molecule has 116 valence electrons. The zero-order chi connectivity index (χ0) is 15.6. The van der Waals surface area contributed by atoms with Gasteiger partial charge in [0.2, 0.25) is 10.0 Å². The molecule has 2 N–H and O–H groups in total. The van der Waals surface area contributed by atoms with Gasteiger partial charge in [-0.3, -0.25) is 4.68 Å². The largest absolute Gasteiger partial charge is 0.465 e. The Balaban J connectivity index is 2.27. The van der Waals surface area contributed by atoms with Crippen molar-refractivity contribution in [1.29, 1.82) is 0 Å². The number of hydrogen-bond acceptors (Lipinski definition) is 5. The van der Waals surface area contributed by atoms with Crippen LogP contribution in [0.25, 0.3) is 0 Å². The molecule has 0 unspecified atom stereocenters. The zero-order valence-electron chi connectivity index (χ0n) is 12.6. The Morgan fingerprint density at radius 3 is 2.57 bits per heavy atom. The average molecular weight is 312 g/mol. The maximum absolute atomic E-state index is 12.5. The van der Waals surface area contributed by atoms with Crippen LogP contribution in [-0.4, -0.2) is 25.2 Å². The molecular weight excluding hydrogens is 292 g/mol. The van der Waals surface area contributed by atoms with Gasteiger partial charge in [-0.25, -0.2) is 13.1 Å². The molecule has 0 amide bonds. The van der Waals surface area contributed by atoms with Crippen LogP contribution in [0.15, 0.2) is 21.7 Å². The normalized spacial score (nSPS) is 12.0. The molecule has 0 fully saturated rings. The maximum atomic E-state index is 12.5. The second-order valence-electron chi connectivity index (χ2n) is 4.90. The first-order valence-electron chi connectivity index (χ1n) is 6.56. The minimum Gasteiger partial charge on any atom is -0.465 e. The summed E-state index contributed by atoms with van der Waals surface area (Å²) in [6.45, 7) is 4.05. The third-order valence-electron chi connectivity index (χ3n) is 3.17. The summed E-state index contributed by atoms with van der Waals surface area (Å²) < 4.78 is 34.7. The van der Waals surface area contributed by atoms with E-state index in [0.717, 1.165) is 5.56 Å². The number of rotatable bonds is 6. The molecule has 2 aromatic rings. The van der Waals surface area contributed by atoms with E-state index in [4.69, 9.17) is 4.42 Å². The van der Waals surface area contributed by atoms with Crippen molar-refractivity contribution in [3.63, 3.8) is 0 Å². The predicted octanol–water partition coefficient (Wildman–Crippen LogP) is 0.828. The fourth-order valence-electron chi connectivity index (χ4n) is 2.26. The van der Waals surface area contributed by atoms with Crippen molar-refractivity contribution in [2.24, 2.45) is 7.05 Å². The monoisotopic (exact) mass is 312 g/mol. The van der Waals surface area contributed by atoms with Gasteiger partial charge < -0.3 is 9.73 Å². The van der Waals surface area contributed by atoms with Gasteiger partial charge in [-0.15, -0.1) is 0 Å². The van der Waals surface area contributed by atoms with Crippen molar-refractivity contribution in [2.45, 2.75) is 31.8 Å². The molecule has 2 heterocycles. The summed E-state index contributed by atoms with van der Waals surface area (Å²) in [5, 5.41) is 6.97. The minimum atomic E-state index is -3.63. The number of aromatic nitrogens is 2. The summed E-state index contributed by atoms with van der Waals surface area (Å²) in [6.07, 6.45) is 3.40. The molecule has 0 aliphatic rings. The molecule has 2 rings (SSSR count). The Morgan fingerprint density at radius 1 is 1.29 bits per heavy atom. The first-order valence-corrected chi connectivity index (χ1v) is 8.04. The molecule has 0 saturated heterocycles. The van der Waals surface area contributed by atoms with Crippen LogP contribution in [0.5, 0.6) is 0 Å². The van der Waals surface area contributed by atoms with Crippen molar-refractivity contribution >= 4 is 10.0 Å². The molecule has 0 spiro atoms. The van der Waals surface area contributed by atoms with Gasteiger partial charge in [-0.05, 0) is 20.9 Å². The van der Waals surface area contributed by atoms with Crippen LogP contribution in [0.2, 0.25) is 0 Å². The van der Waals surface area contributed by atoms with Crippen molar-refractivity contribution in [1.82, 2.24) is 19.8 Å². The first kappa shape index (κ1) is 15.7. The Kier molecular flexibility index (Phi) is 4.50. The summed E-state index contributed by atoms with van der Waals surface area (Å²) in [7, 11) is -0.0832. The van der Waals surface area contributed by atoms with Crippen molar-refractivity contribution in [3.05, 3.63) is 35.0 Å². The fraction of sp³-hybridized carbons (Fsp3) is 0.462. The van der Waals surface area contributed by atoms with Crippen molar-refractivity contribution in [3.8, 4) is 0 Å². The Hall–Kier alpha value is -1.64. The molecule has 0 atom stereocenters. The standard InChI is InChI=1S/C13H20N4O3S/c1-9-12(7-14-3)13(10(2)20-9)21(18,19)16-6-11-5-15-17(4)8-11/h5,8,14,16H,6-7H2,1-4H3. The molecular formula is C13H20N4O3S. The van der Waals surface area contributed by atoms with Crippen LogP contribution >= 0.6 is 0 Å². The lowest BCUT2D eigenvalue weighted by Gasteiger charge is -2.07. The van der Waals surface area contributed by atoms with E-state index in [9.17, 15) is 8.42 Å². The summed E-state index contributed by atoms with van der Waals surface area (Å²) in [5.41, 5.74) is 1.46. The highest BCUT2D eigenvalue weighted by Crippen LogP contribution is 2.26. The quantitative estimate of drug-likeness (QED) is 0.824. The summed E-state index contributed by atoms with van der Waals surface area (Å²) >= 11 is 0. The van der Waals surface area contributed by atoms with E-state index in [1.54, 1.807) is 45.0 Å². The van der Waals surface area contributed by atoms with E-state index in [-0.39, 0.29) is 11.4 Å². The van der Waals surface area contributed by atoms with Crippen molar-refractivity contribution < 1.29 is 12.8 Å². The zero-order valence-corrected chi connectivity index (χ0v) is 13.4. The molecule has 7 nitrogen and oxygen atoms in total. The van der Waals surface area contributed by atoms with Gasteiger partial charge in [0.25, 0.3) is 0 Å². The summed E-state index contributed by atoms with van der Waals surface area (Å²) in [4.78, 5) is 0.221. The second-order valence-corrected chi connectivity index (χ2v) is 6.60. The van der Waals surface area contributed by atoms with Crippen LogP contribution in [0.4, 0.5) is 0 Å². The highest BCUT2D eigenvalue weighted by Gasteiger charge is 2.26. The van der Waals surface area contributed by atoms with Crippen molar-refractivity contribution in [2.75, 3.05) is 7.05 Å². The van der Waals surface area contributed by atoms with E-state index in [0.29, 0.717) is 23.6 Å². The topological polar surface area (TPSA) is 89.2 Å². The number of hydrogen-bond donors (Lipinski definition) is 2. The third kappa shape index (κ3) is 3.34. The van der Waals surface area contributed by atoms with Gasteiger partial charge in [-0.1, -0.05) is 0 Å². The maximum Gasteiger partial charge on any atom is 0.244 e. The molecule has 0 aromatic carbocycles. The van der Waals surface area contributed by atoms with E-state index < -0.39 is 10.0 Å². The van der Waals surface area contributed by atoms with Crippen LogP contribution in [-0.2, 0) is 30.2 Å². The highest BCUT2D eigenvalue weighted by molar-refractivity contribution is 7.89. The summed E-state index contributed by atoms with van der Waals surface area (Å²) in [6, 6.07) is 0. The van der Waals surface area contributed by atoms with Crippen LogP contribution in [0, 0.1) is 13.8 Å². The van der Waals surface area contributed by atoms with Gasteiger partial charge in [0, 0.05) is 37.5 Å². The van der Waals surface area contributed by atoms with Crippen LogP contribution in [0.3, 0.4) is 0 Å². The molecule has 0 saturated carbocycles. The summed E-state index contributed by atoms with van der Waals surface area (Å²) in [5.74, 6) is 1.01. The van der Waals surface area contributed by atoms with Crippen LogP contribution < -0.4 is 10.0 Å². The van der Waals surface area contributed by atoms with E-state index in [1.165, 1.54) is 0 Å². The van der Waals surface area contributed by atoms with E-state index in [2.05, 4.69) is 15.1 Å². The molecule has 0 aliphatic carbocycles. The second kappa shape index (κ2) is 6.00. The molecule has 8 heteroatoms. The molecule has 0 radical (unpaired) electrons. The lowest BCUT2D eigenvalue weighted by atomic mass is 10.2. The molecule has 0 aliphatic heterocycles. The Morgan fingerprint density at radius 2 is 2.00 bits per heavy atom. The molecule has 0 bridgehead atoms. The van der Waals surface area contributed by atoms with Gasteiger partial charge in [0.05, 0.1) is 6.20 Å². The number of nitrogens with one attached hydrogen (secondary N) is 2. The SMILES string of the molecule is CNCc1c(C)oc(C)c1S(=O)(=O)NCc1cnn(C)c1. The van der Waals surface area contributed by atoms with Gasteiger partial charge >= 0.3 is 0 Å². The van der Waals surface area contributed by atoms with Crippen LogP contribution in [0.1, 0.15) is 22.6 Å². The number of sulfonamides is 1. The smallest absolute Gasteiger partial charge is 0.244 e. The van der Waals surface area contributed by atoms with Gasteiger partial charge in [0.15, 0.2) is 0 Å². The Labute approximate surface area is 124 Å². The van der Waals surface area contributed by atoms with Gasteiger partial charge in [-0.2, -0.15) is 5.10 Å². The predicted molar refractivity (Wildman–Crippen MR) is 78.2 cm³/mol. The number of furan rings is 1. The third-order valence-corrected chi connectivity index (χ3v) is 4.77. The highest BCUT2D eigenvalue weighted by atomic mass is 32.2. The number of nitrogens with zero attached hydrogens (tertiary/aromatic N) is 2.